The van der Waals surface area contributed by atoms with E-state index in [1.54, 1.807) is 12.1 Å². The largest absolute Gasteiger partial charge is 0.481 e. The van der Waals surface area contributed by atoms with E-state index in [0.717, 1.165) is 20.7 Å². The second kappa shape index (κ2) is 9.43. The van der Waals surface area contributed by atoms with Crippen LogP contribution >= 0.6 is 35.0 Å². The topological polar surface area (TPSA) is 82.8 Å². The van der Waals surface area contributed by atoms with Gasteiger partial charge in [0.2, 0.25) is 0 Å². The molecule has 4 rings (SSSR count). The number of benzene rings is 2. The first kappa shape index (κ1) is 23.7. The van der Waals surface area contributed by atoms with Gasteiger partial charge in [-0.05, 0) is 36.8 Å². The van der Waals surface area contributed by atoms with E-state index in [1.165, 1.54) is 16.7 Å². The van der Waals surface area contributed by atoms with Crippen molar-refractivity contribution in [3.63, 3.8) is 0 Å². The smallest absolute Gasteiger partial charge is 0.310 e. The molecule has 1 amide bonds. The van der Waals surface area contributed by atoms with Gasteiger partial charge in [-0.25, -0.2) is 0 Å². The molecule has 1 aliphatic rings. The maximum absolute atomic E-state index is 13.0. The molecule has 0 aliphatic carbocycles. The summed E-state index contributed by atoms with van der Waals surface area (Å²) in [4.78, 5) is 27.5. The van der Waals surface area contributed by atoms with Gasteiger partial charge in [0.15, 0.2) is 0 Å². The van der Waals surface area contributed by atoms with Gasteiger partial charge in [-0.3, -0.25) is 9.59 Å². The number of aromatic nitrogens is 1. The third-order valence-electron chi connectivity index (χ3n) is 5.90. The molecule has 33 heavy (non-hydrogen) atoms. The minimum absolute atomic E-state index is 0.0877. The average Bonchev–Trinajstić information content (AvgIpc) is 3.16. The Kier molecular flexibility index (Phi) is 6.77. The molecule has 3 aromatic rings. The Hall–Kier alpha value is -2.45. The van der Waals surface area contributed by atoms with Crippen LogP contribution in [0.1, 0.15) is 12.0 Å². The summed E-state index contributed by atoms with van der Waals surface area (Å²) in [6, 6.07) is 11.7. The van der Waals surface area contributed by atoms with Gasteiger partial charge in [0.25, 0.3) is 5.91 Å². The summed E-state index contributed by atoms with van der Waals surface area (Å²) in [5.41, 5.74) is 1.65. The summed E-state index contributed by atoms with van der Waals surface area (Å²) in [6.07, 6.45) is 1.21. The predicted molar refractivity (Wildman–Crippen MR) is 131 cm³/mol. The molecule has 0 radical (unpaired) electrons. The molecule has 1 fully saturated rings. The molecule has 0 bridgehead atoms. The standard InChI is InChI=1S/C24H22Cl2N2O4S/c1-13(23(30)28-10-8-19(29)17(12-28)24(31)32)16-4-6-20(22(26)21(16)25)33-15-3-5-18-14(11-15)7-9-27(18)2/h3-7,9,11,17,19,29H,1,8,10,12H2,2H3,(H,31,32). The fourth-order valence-electron chi connectivity index (χ4n) is 3.97. The summed E-state index contributed by atoms with van der Waals surface area (Å²) in [5.74, 6) is -2.60. The summed E-state index contributed by atoms with van der Waals surface area (Å²) in [5, 5.41) is 20.8. The molecule has 6 nitrogen and oxygen atoms in total. The Morgan fingerprint density at radius 3 is 2.64 bits per heavy atom. The van der Waals surface area contributed by atoms with E-state index in [0.29, 0.717) is 10.6 Å². The number of amides is 1. The normalized spacial score (nSPS) is 18.5. The van der Waals surface area contributed by atoms with E-state index in [9.17, 15) is 19.8 Å². The first-order valence-corrected chi connectivity index (χ1v) is 11.8. The third kappa shape index (κ3) is 4.64. The average molecular weight is 505 g/mol. The summed E-state index contributed by atoms with van der Waals surface area (Å²) in [7, 11) is 1.99. The number of likely N-dealkylation sites (tertiary alicyclic amines) is 1. The number of aliphatic hydroxyl groups is 1. The highest BCUT2D eigenvalue weighted by atomic mass is 35.5. The molecule has 1 saturated heterocycles. The third-order valence-corrected chi connectivity index (χ3v) is 7.94. The highest BCUT2D eigenvalue weighted by Gasteiger charge is 2.36. The molecule has 1 aromatic heterocycles. The number of carbonyl (C=O) groups excluding carboxylic acids is 1. The van der Waals surface area contributed by atoms with E-state index < -0.39 is 23.9 Å². The first-order valence-electron chi connectivity index (χ1n) is 10.3. The Morgan fingerprint density at radius 1 is 1.15 bits per heavy atom. The van der Waals surface area contributed by atoms with Crippen LogP contribution in [-0.4, -0.2) is 50.8 Å². The van der Waals surface area contributed by atoms with Crippen molar-refractivity contribution in [1.82, 2.24) is 9.47 Å². The summed E-state index contributed by atoms with van der Waals surface area (Å²) >= 11 is 14.6. The van der Waals surface area contributed by atoms with Crippen LogP contribution in [-0.2, 0) is 16.6 Å². The number of nitrogens with zero attached hydrogens (tertiary/aromatic N) is 2. The number of carboxylic acids is 1. The maximum atomic E-state index is 13.0. The van der Waals surface area contributed by atoms with Crippen LogP contribution in [0.2, 0.25) is 10.0 Å². The maximum Gasteiger partial charge on any atom is 0.310 e. The van der Waals surface area contributed by atoms with E-state index >= 15 is 0 Å². The lowest BCUT2D eigenvalue weighted by Gasteiger charge is -2.34. The van der Waals surface area contributed by atoms with Crippen LogP contribution in [0.25, 0.3) is 16.5 Å². The van der Waals surface area contributed by atoms with Crippen molar-refractivity contribution < 1.29 is 19.8 Å². The Bertz CT molecular complexity index is 1270. The Labute approximate surface area is 205 Å². The van der Waals surface area contributed by atoms with E-state index in [-0.39, 0.29) is 30.1 Å². The number of rotatable bonds is 5. The molecule has 2 heterocycles. The van der Waals surface area contributed by atoms with Crippen molar-refractivity contribution in [2.45, 2.75) is 22.3 Å². The molecule has 1 aliphatic heterocycles. The Morgan fingerprint density at radius 2 is 1.91 bits per heavy atom. The van der Waals surface area contributed by atoms with Crippen molar-refractivity contribution in [1.29, 1.82) is 0 Å². The van der Waals surface area contributed by atoms with Gasteiger partial charge in [-0.2, -0.15) is 0 Å². The molecular weight excluding hydrogens is 483 g/mol. The number of fused-ring (bicyclic) bond motifs is 1. The van der Waals surface area contributed by atoms with Crippen molar-refractivity contribution >= 4 is 63.3 Å². The molecule has 2 N–H and O–H groups in total. The van der Waals surface area contributed by atoms with E-state index in [1.807, 2.05) is 36.0 Å². The molecule has 172 valence electrons. The van der Waals surface area contributed by atoms with Gasteiger partial charge in [-0.15, -0.1) is 0 Å². The van der Waals surface area contributed by atoms with Gasteiger partial charge in [-0.1, -0.05) is 47.6 Å². The number of piperidine rings is 1. The SMILES string of the molecule is C=C(C(=O)N1CCC(O)C(C(=O)O)C1)c1ccc(Sc2ccc3c(ccn3C)c2)c(Cl)c1Cl. The zero-order valence-electron chi connectivity index (χ0n) is 17.8. The number of hydrogen-bond acceptors (Lipinski definition) is 4. The number of aryl methyl sites for hydroxylation is 1. The molecule has 2 aromatic carbocycles. The fraction of sp³-hybridized carbons (Fsp3) is 0.250. The van der Waals surface area contributed by atoms with Crippen LogP contribution in [0.15, 0.2) is 59.0 Å². The van der Waals surface area contributed by atoms with Gasteiger partial charge >= 0.3 is 5.97 Å². The van der Waals surface area contributed by atoms with Gasteiger partial charge < -0.3 is 19.7 Å². The van der Waals surface area contributed by atoms with Gasteiger partial charge in [0.05, 0.1) is 16.1 Å². The van der Waals surface area contributed by atoms with Crippen LogP contribution in [0.5, 0.6) is 0 Å². The number of carboxylic acid groups (broad SMARTS) is 1. The fourth-order valence-corrected chi connectivity index (χ4v) is 5.49. The lowest BCUT2D eigenvalue weighted by Crippen LogP contribution is -2.48. The Balaban J connectivity index is 1.54. The van der Waals surface area contributed by atoms with Crippen molar-refractivity contribution in [3.8, 4) is 0 Å². The summed E-state index contributed by atoms with van der Waals surface area (Å²) in [6.45, 7) is 4.04. The number of halogens is 2. The molecule has 2 atom stereocenters. The molecule has 9 heteroatoms. The van der Waals surface area contributed by atoms with Crippen LogP contribution < -0.4 is 0 Å². The lowest BCUT2D eigenvalue weighted by molar-refractivity contribution is -0.150. The first-order chi connectivity index (χ1) is 15.7. The molecular formula is C24H22Cl2N2O4S. The van der Waals surface area contributed by atoms with Crippen molar-refractivity contribution in [3.05, 3.63) is 64.8 Å². The zero-order valence-corrected chi connectivity index (χ0v) is 20.1. The van der Waals surface area contributed by atoms with Crippen LogP contribution in [0.3, 0.4) is 0 Å². The monoisotopic (exact) mass is 504 g/mol. The number of aliphatic carboxylic acids is 1. The highest BCUT2D eigenvalue weighted by Crippen LogP contribution is 2.41. The molecule has 0 spiro atoms. The van der Waals surface area contributed by atoms with Crippen LogP contribution in [0, 0.1) is 5.92 Å². The minimum atomic E-state index is -1.14. The number of carbonyl (C=O) groups is 2. The highest BCUT2D eigenvalue weighted by molar-refractivity contribution is 7.99. The molecule has 2 unspecified atom stereocenters. The van der Waals surface area contributed by atoms with E-state index in [4.69, 9.17) is 23.2 Å². The second-order valence-electron chi connectivity index (χ2n) is 8.02. The predicted octanol–water partition coefficient (Wildman–Crippen LogP) is 4.94. The number of hydrogen-bond donors (Lipinski definition) is 2. The van der Waals surface area contributed by atoms with Crippen molar-refractivity contribution in [2.24, 2.45) is 13.0 Å². The van der Waals surface area contributed by atoms with Gasteiger partial charge in [0.1, 0.15) is 5.92 Å². The van der Waals surface area contributed by atoms with E-state index in [2.05, 4.69) is 12.6 Å². The summed E-state index contributed by atoms with van der Waals surface area (Å²) < 4.78 is 2.05. The quantitative estimate of drug-likeness (QED) is 0.480. The lowest BCUT2D eigenvalue weighted by atomic mass is 9.94. The van der Waals surface area contributed by atoms with Crippen molar-refractivity contribution in [2.75, 3.05) is 13.1 Å². The van der Waals surface area contributed by atoms with Gasteiger partial charge in [0, 0.05) is 58.2 Å². The minimum Gasteiger partial charge on any atom is -0.481 e. The number of aliphatic hydroxyl groups excluding tert-OH is 1. The van der Waals surface area contributed by atoms with Crippen LogP contribution in [0.4, 0.5) is 0 Å². The second-order valence-corrected chi connectivity index (χ2v) is 9.89. The molecule has 0 saturated carbocycles. The zero-order chi connectivity index (χ0) is 23.9.